The Balaban J connectivity index is 1.73. The summed E-state index contributed by atoms with van der Waals surface area (Å²) in [6.45, 7) is 0.941. The quantitative estimate of drug-likeness (QED) is 0.909. The molecule has 3 rings (SSSR count). The maximum atomic E-state index is 12.9. The minimum Gasteiger partial charge on any atom is -0.481 e. The van der Waals surface area contributed by atoms with Gasteiger partial charge in [0.2, 0.25) is 0 Å². The molecule has 1 aliphatic rings. The predicted octanol–water partition coefficient (Wildman–Crippen LogP) is 3.41. The third-order valence-corrected chi connectivity index (χ3v) is 4.83. The summed E-state index contributed by atoms with van der Waals surface area (Å²) < 4.78 is 0. The third kappa shape index (κ3) is 4.27. The van der Waals surface area contributed by atoms with Gasteiger partial charge in [0, 0.05) is 18.7 Å². The highest BCUT2D eigenvalue weighted by atomic mass is 16.4. The van der Waals surface area contributed by atoms with E-state index in [1.807, 2.05) is 42.5 Å². The molecule has 0 unspecified atom stereocenters. The Morgan fingerprint density at radius 2 is 1.72 bits per heavy atom. The smallest absolute Gasteiger partial charge is 0.308 e. The first-order chi connectivity index (χ1) is 12.1. The number of hydrogen-bond donors (Lipinski definition) is 1. The van der Waals surface area contributed by atoms with Gasteiger partial charge >= 0.3 is 5.97 Å². The molecule has 4 nitrogen and oxygen atoms in total. The first-order valence-electron chi connectivity index (χ1n) is 8.79. The van der Waals surface area contributed by atoms with Gasteiger partial charge in [-0.15, -0.1) is 0 Å². The molecule has 2 aromatic rings. The third-order valence-electron chi connectivity index (χ3n) is 4.83. The number of carbonyl (C=O) groups is 2. The number of carboxylic acids is 1. The van der Waals surface area contributed by atoms with Crippen LogP contribution in [0.1, 0.15) is 34.3 Å². The second-order valence-electron chi connectivity index (χ2n) is 6.57. The fourth-order valence-corrected chi connectivity index (χ4v) is 3.40. The molecular weight excluding hydrogens is 314 g/mol. The Labute approximate surface area is 148 Å². The molecule has 0 aromatic heterocycles. The van der Waals surface area contributed by atoms with Gasteiger partial charge in [-0.25, -0.2) is 0 Å². The number of likely N-dealkylation sites (tertiary alicyclic amines) is 1. The zero-order valence-electron chi connectivity index (χ0n) is 14.2. The minimum absolute atomic E-state index is 0.0467. The number of benzene rings is 2. The highest BCUT2D eigenvalue weighted by Crippen LogP contribution is 2.21. The van der Waals surface area contributed by atoms with Gasteiger partial charge in [0.05, 0.1) is 5.92 Å². The summed E-state index contributed by atoms with van der Waals surface area (Å²) in [6.07, 6.45) is 3.06. The number of hydrogen-bond acceptors (Lipinski definition) is 2. The molecule has 1 heterocycles. The Kier molecular flexibility index (Phi) is 5.49. The zero-order valence-corrected chi connectivity index (χ0v) is 14.2. The maximum Gasteiger partial charge on any atom is 0.308 e. The van der Waals surface area contributed by atoms with E-state index in [9.17, 15) is 14.7 Å². The molecule has 4 heteroatoms. The lowest BCUT2D eigenvalue weighted by atomic mass is 9.95. The van der Waals surface area contributed by atoms with E-state index in [-0.39, 0.29) is 5.91 Å². The standard InChI is InChI=1S/C21H23NO3/c23-20(22-14-6-10-18(15-22)21(24)25)19-11-5-4-9-17(19)13-12-16-7-2-1-3-8-16/h1-5,7-9,11,18H,6,10,12-15H2,(H,24,25)/t18-/m0/s1. The lowest BCUT2D eigenvalue weighted by molar-refractivity contribution is -0.143. The zero-order chi connectivity index (χ0) is 17.6. The van der Waals surface area contributed by atoms with E-state index >= 15 is 0 Å². The number of aryl methyl sites for hydroxylation is 2. The average molecular weight is 337 g/mol. The van der Waals surface area contributed by atoms with Crippen molar-refractivity contribution in [2.24, 2.45) is 5.92 Å². The van der Waals surface area contributed by atoms with Crippen LogP contribution in [0.3, 0.4) is 0 Å². The van der Waals surface area contributed by atoms with Crippen molar-refractivity contribution < 1.29 is 14.7 Å². The SMILES string of the molecule is O=C(O)[C@H]1CCCN(C(=O)c2ccccc2CCc2ccccc2)C1. The fraction of sp³-hybridized carbons (Fsp3) is 0.333. The second kappa shape index (κ2) is 7.97. The molecule has 1 N–H and O–H groups in total. The highest BCUT2D eigenvalue weighted by Gasteiger charge is 2.29. The van der Waals surface area contributed by atoms with E-state index in [0.29, 0.717) is 25.1 Å². The summed E-state index contributed by atoms with van der Waals surface area (Å²) in [4.78, 5) is 25.9. The van der Waals surface area contributed by atoms with Gasteiger partial charge in [-0.2, -0.15) is 0 Å². The average Bonchev–Trinajstić information content (AvgIpc) is 2.67. The monoisotopic (exact) mass is 337 g/mol. The van der Waals surface area contributed by atoms with E-state index in [0.717, 1.165) is 24.8 Å². The number of aliphatic carboxylic acids is 1. The molecule has 1 fully saturated rings. The first kappa shape index (κ1) is 17.2. The van der Waals surface area contributed by atoms with Gasteiger partial charge in [-0.1, -0.05) is 48.5 Å². The molecule has 1 aliphatic heterocycles. The van der Waals surface area contributed by atoms with Crippen molar-refractivity contribution in [3.05, 3.63) is 71.3 Å². The van der Waals surface area contributed by atoms with Crippen LogP contribution in [0.2, 0.25) is 0 Å². The van der Waals surface area contributed by atoms with Gasteiger partial charge in [0.15, 0.2) is 0 Å². The topological polar surface area (TPSA) is 57.6 Å². The van der Waals surface area contributed by atoms with Crippen LogP contribution in [0.15, 0.2) is 54.6 Å². The van der Waals surface area contributed by atoms with Crippen molar-refractivity contribution >= 4 is 11.9 Å². The van der Waals surface area contributed by atoms with E-state index in [1.165, 1.54) is 5.56 Å². The Hall–Kier alpha value is -2.62. The van der Waals surface area contributed by atoms with Crippen molar-refractivity contribution in [3.8, 4) is 0 Å². The van der Waals surface area contributed by atoms with E-state index in [1.54, 1.807) is 4.90 Å². The Bertz CT molecular complexity index is 742. The highest BCUT2D eigenvalue weighted by molar-refractivity contribution is 5.96. The second-order valence-corrected chi connectivity index (χ2v) is 6.57. The Morgan fingerprint density at radius 3 is 2.48 bits per heavy atom. The molecule has 0 aliphatic carbocycles. The van der Waals surface area contributed by atoms with Crippen LogP contribution in [0, 0.1) is 5.92 Å². The maximum absolute atomic E-state index is 12.9. The van der Waals surface area contributed by atoms with Crippen LogP contribution >= 0.6 is 0 Å². The van der Waals surface area contributed by atoms with Gasteiger partial charge in [-0.3, -0.25) is 9.59 Å². The predicted molar refractivity (Wildman–Crippen MR) is 96.6 cm³/mol. The molecule has 0 spiro atoms. The van der Waals surface area contributed by atoms with E-state index in [2.05, 4.69) is 12.1 Å². The molecule has 0 radical (unpaired) electrons. The molecule has 2 aromatic carbocycles. The van der Waals surface area contributed by atoms with Crippen molar-refractivity contribution in [1.29, 1.82) is 0 Å². The summed E-state index contributed by atoms with van der Waals surface area (Å²) in [5.74, 6) is -1.31. The number of nitrogens with zero attached hydrogens (tertiary/aromatic N) is 1. The van der Waals surface area contributed by atoms with Crippen LogP contribution in [-0.4, -0.2) is 35.0 Å². The lowest BCUT2D eigenvalue weighted by Gasteiger charge is -2.31. The van der Waals surface area contributed by atoms with Crippen LogP contribution in [-0.2, 0) is 17.6 Å². The lowest BCUT2D eigenvalue weighted by Crippen LogP contribution is -2.42. The number of piperidine rings is 1. The summed E-state index contributed by atoms with van der Waals surface area (Å²) in [5.41, 5.74) is 2.96. The van der Waals surface area contributed by atoms with Gasteiger partial charge < -0.3 is 10.0 Å². The molecule has 25 heavy (non-hydrogen) atoms. The number of carboxylic acid groups (broad SMARTS) is 1. The molecule has 1 saturated heterocycles. The molecule has 0 saturated carbocycles. The summed E-state index contributed by atoms with van der Waals surface area (Å²) in [5, 5.41) is 9.24. The van der Waals surface area contributed by atoms with Gasteiger partial charge in [0.1, 0.15) is 0 Å². The fourth-order valence-electron chi connectivity index (χ4n) is 3.40. The van der Waals surface area contributed by atoms with E-state index in [4.69, 9.17) is 0 Å². The van der Waals surface area contributed by atoms with Crippen LogP contribution < -0.4 is 0 Å². The summed E-state index contributed by atoms with van der Waals surface area (Å²) in [6, 6.07) is 17.9. The minimum atomic E-state index is -0.810. The molecule has 1 atom stereocenters. The van der Waals surface area contributed by atoms with E-state index < -0.39 is 11.9 Å². The first-order valence-corrected chi connectivity index (χ1v) is 8.79. The number of rotatable bonds is 5. The Morgan fingerprint density at radius 1 is 1.00 bits per heavy atom. The van der Waals surface area contributed by atoms with Crippen molar-refractivity contribution in [2.45, 2.75) is 25.7 Å². The van der Waals surface area contributed by atoms with Crippen molar-refractivity contribution in [1.82, 2.24) is 4.90 Å². The molecule has 1 amide bonds. The normalized spacial score (nSPS) is 17.3. The summed E-state index contributed by atoms with van der Waals surface area (Å²) in [7, 11) is 0. The number of amides is 1. The molecule has 130 valence electrons. The van der Waals surface area contributed by atoms with Crippen molar-refractivity contribution in [3.63, 3.8) is 0 Å². The van der Waals surface area contributed by atoms with Crippen LogP contribution in [0.4, 0.5) is 0 Å². The summed E-state index contributed by atoms with van der Waals surface area (Å²) >= 11 is 0. The van der Waals surface area contributed by atoms with Gasteiger partial charge in [0.25, 0.3) is 5.91 Å². The van der Waals surface area contributed by atoms with Crippen molar-refractivity contribution in [2.75, 3.05) is 13.1 Å². The largest absolute Gasteiger partial charge is 0.481 e. The number of carbonyl (C=O) groups excluding carboxylic acids is 1. The molecule has 0 bridgehead atoms. The van der Waals surface area contributed by atoms with Gasteiger partial charge in [-0.05, 0) is 42.9 Å². The van der Waals surface area contributed by atoms with Crippen LogP contribution in [0.25, 0.3) is 0 Å². The molecular formula is C21H23NO3. The van der Waals surface area contributed by atoms with Crippen LogP contribution in [0.5, 0.6) is 0 Å².